The van der Waals surface area contributed by atoms with Gasteiger partial charge >= 0.3 is 0 Å². The molecule has 0 bridgehead atoms. The van der Waals surface area contributed by atoms with E-state index in [2.05, 4.69) is 44.9 Å². The summed E-state index contributed by atoms with van der Waals surface area (Å²) in [5.41, 5.74) is 2.18. The molecule has 1 unspecified atom stereocenters. The summed E-state index contributed by atoms with van der Waals surface area (Å²) in [7, 11) is 0. The molecule has 28 heavy (non-hydrogen) atoms. The molecule has 2 fully saturated rings. The second-order valence-corrected chi connectivity index (χ2v) is 9.02. The lowest BCUT2D eigenvalue weighted by atomic mass is 9.86. The van der Waals surface area contributed by atoms with Gasteiger partial charge in [-0.05, 0) is 49.0 Å². The minimum absolute atomic E-state index is 0.266. The second kappa shape index (κ2) is 7.33. The van der Waals surface area contributed by atoms with Crippen molar-refractivity contribution in [1.29, 1.82) is 0 Å². The van der Waals surface area contributed by atoms with Crippen LogP contribution in [0.3, 0.4) is 0 Å². The van der Waals surface area contributed by atoms with Gasteiger partial charge in [0, 0.05) is 37.4 Å². The summed E-state index contributed by atoms with van der Waals surface area (Å²) in [4.78, 5) is 11.9. The number of fused-ring (bicyclic) bond motifs is 1. The minimum atomic E-state index is 0.266. The van der Waals surface area contributed by atoms with Crippen molar-refractivity contribution in [2.75, 3.05) is 29.9 Å². The molecule has 148 valence electrons. The number of nitrogens with one attached hydrogen (secondary N) is 2. The number of hydrogen-bond donors (Lipinski definition) is 3. The molecular formula is C20H26N6OS. The number of piperidine rings is 1. The van der Waals surface area contributed by atoms with E-state index in [1.165, 1.54) is 18.5 Å². The molecule has 1 saturated carbocycles. The number of H-pyrrole nitrogens is 1. The Hall–Kier alpha value is -2.19. The summed E-state index contributed by atoms with van der Waals surface area (Å²) in [5, 5.41) is 22.5. The second-order valence-electron chi connectivity index (χ2n) is 8.10. The summed E-state index contributed by atoms with van der Waals surface area (Å²) in [6.07, 6.45) is 4.64. The van der Waals surface area contributed by atoms with Crippen LogP contribution in [0, 0.1) is 11.8 Å². The van der Waals surface area contributed by atoms with Gasteiger partial charge in [-0.1, -0.05) is 6.92 Å². The SMILES string of the molecule is CC(CO)C1CCN(c2nc(Nc3cc(C4CC4)[nH]n3)c3sccc3n2)CC1. The van der Waals surface area contributed by atoms with E-state index in [0.29, 0.717) is 17.8 Å². The van der Waals surface area contributed by atoms with Crippen LogP contribution in [0.1, 0.15) is 44.2 Å². The zero-order valence-corrected chi connectivity index (χ0v) is 16.9. The van der Waals surface area contributed by atoms with Gasteiger partial charge in [0.25, 0.3) is 0 Å². The highest BCUT2D eigenvalue weighted by atomic mass is 32.1. The molecule has 0 aromatic carbocycles. The fourth-order valence-electron chi connectivity index (χ4n) is 4.02. The van der Waals surface area contributed by atoms with Crippen molar-refractivity contribution in [3.8, 4) is 0 Å². The lowest BCUT2D eigenvalue weighted by Crippen LogP contribution is -2.37. The maximum absolute atomic E-state index is 9.43. The summed E-state index contributed by atoms with van der Waals surface area (Å²) in [5.74, 6) is 4.01. The smallest absolute Gasteiger partial charge is 0.227 e. The van der Waals surface area contributed by atoms with Crippen LogP contribution in [0.4, 0.5) is 17.6 Å². The van der Waals surface area contributed by atoms with Gasteiger partial charge in [0.1, 0.15) is 0 Å². The van der Waals surface area contributed by atoms with Crippen LogP contribution in [0.25, 0.3) is 10.2 Å². The highest BCUT2D eigenvalue weighted by Gasteiger charge is 2.27. The molecule has 4 heterocycles. The average Bonchev–Trinajstić information content (AvgIpc) is 3.28. The number of thiophene rings is 1. The monoisotopic (exact) mass is 398 g/mol. The van der Waals surface area contributed by atoms with Crippen molar-refractivity contribution in [2.45, 2.75) is 38.5 Å². The highest BCUT2D eigenvalue weighted by Crippen LogP contribution is 2.40. The average molecular weight is 399 g/mol. The first-order valence-electron chi connectivity index (χ1n) is 10.1. The first-order chi connectivity index (χ1) is 13.7. The van der Waals surface area contributed by atoms with Crippen molar-refractivity contribution in [1.82, 2.24) is 20.2 Å². The molecule has 1 aliphatic carbocycles. The van der Waals surface area contributed by atoms with Crippen LogP contribution < -0.4 is 10.2 Å². The predicted octanol–water partition coefficient (Wildman–Crippen LogP) is 3.88. The summed E-state index contributed by atoms with van der Waals surface area (Å²) < 4.78 is 1.06. The number of aliphatic hydroxyl groups is 1. The van der Waals surface area contributed by atoms with Crippen molar-refractivity contribution in [3.63, 3.8) is 0 Å². The van der Waals surface area contributed by atoms with Gasteiger partial charge in [-0.3, -0.25) is 5.10 Å². The van der Waals surface area contributed by atoms with Gasteiger partial charge in [-0.15, -0.1) is 11.3 Å². The van der Waals surface area contributed by atoms with Crippen molar-refractivity contribution in [3.05, 3.63) is 23.2 Å². The fraction of sp³-hybridized carbons (Fsp3) is 0.550. The molecule has 5 rings (SSSR count). The van der Waals surface area contributed by atoms with E-state index in [1.807, 2.05) is 0 Å². The Kier molecular flexibility index (Phi) is 4.68. The Labute approximate surface area is 168 Å². The largest absolute Gasteiger partial charge is 0.396 e. The van der Waals surface area contributed by atoms with Crippen LogP contribution in [-0.2, 0) is 0 Å². The Morgan fingerprint density at radius 1 is 1.29 bits per heavy atom. The van der Waals surface area contributed by atoms with Crippen LogP contribution in [0.2, 0.25) is 0 Å². The minimum Gasteiger partial charge on any atom is -0.396 e. The molecule has 7 nitrogen and oxygen atoms in total. The van der Waals surface area contributed by atoms with E-state index < -0.39 is 0 Å². The quantitative estimate of drug-likeness (QED) is 0.584. The number of hydrogen-bond acceptors (Lipinski definition) is 7. The molecule has 3 N–H and O–H groups in total. The van der Waals surface area contributed by atoms with E-state index in [9.17, 15) is 5.11 Å². The van der Waals surface area contributed by atoms with Gasteiger partial charge in [0.2, 0.25) is 5.95 Å². The van der Waals surface area contributed by atoms with Crippen LogP contribution in [0.5, 0.6) is 0 Å². The summed E-state index contributed by atoms with van der Waals surface area (Å²) in [6.45, 7) is 4.26. The van der Waals surface area contributed by atoms with Crippen molar-refractivity contribution in [2.24, 2.45) is 11.8 Å². The maximum Gasteiger partial charge on any atom is 0.227 e. The summed E-state index contributed by atoms with van der Waals surface area (Å²) in [6, 6.07) is 4.15. The van der Waals surface area contributed by atoms with Gasteiger partial charge in [0.15, 0.2) is 11.6 Å². The van der Waals surface area contributed by atoms with Gasteiger partial charge in [0.05, 0.1) is 10.2 Å². The van der Waals surface area contributed by atoms with E-state index in [0.717, 1.165) is 53.7 Å². The van der Waals surface area contributed by atoms with Crippen LogP contribution in [-0.4, -0.2) is 45.0 Å². The van der Waals surface area contributed by atoms with E-state index in [4.69, 9.17) is 9.97 Å². The first-order valence-corrected chi connectivity index (χ1v) is 11.0. The van der Waals surface area contributed by atoms with E-state index >= 15 is 0 Å². The Balaban J connectivity index is 1.38. The fourth-order valence-corrected chi connectivity index (χ4v) is 4.80. The molecule has 0 radical (unpaired) electrons. The lowest BCUT2D eigenvalue weighted by molar-refractivity contribution is 0.170. The van der Waals surface area contributed by atoms with Crippen LogP contribution in [0.15, 0.2) is 17.5 Å². The van der Waals surface area contributed by atoms with E-state index in [-0.39, 0.29) is 6.61 Å². The van der Waals surface area contributed by atoms with Gasteiger partial charge in [-0.25, -0.2) is 4.98 Å². The number of rotatable bonds is 6. The van der Waals surface area contributed by atoms with Crippen molar-refractivity contribution >= 4 is 39.1 Å². The molecule has 0 amide bonds. The normalized spacial score (nSPS) is 19.3. The standard InChI is InChI=1S/C20H26N6OS/c1-12(11-27)13-4-7-26(8-5-13)20-21-15-6-9-28-18(15)19(23-20)22-17-10-16(24-25-17)14-2-3-14/h6,9-10,12-14,27H,2-5,7-8,11H2,1H3,(H2,21,22,23,24,25). The van der Waals surface area contributed by atoms with Crippen molar-refractivity contribution < 1.29 is 5.11 Å². The Morgan fingerprint density at radius 2 is 2.11 bits per heavy atom. The summed E-state index contributed by atoms with van der Waals surface area (Å²) >= 11 is 1.65. The van der Waals surface area contributed by atoms with Gasteiger partial charge < -0.3 is 15.3 Å². The highest BCUT2D eigenvalue weighted by molar-refractivity contribution is 7.17. The lowest BCUT2D eigenvalue weighted by Gasteiger charge is -2.34. The molecule has 1 atom stereocenters. The number of aromatic nitrogens is 4. The zero-order valence-electron chi connectivity index (χ0n) is 16.1. The number of aliphatic hydroxyl groups excluding tert-OH is 1. The third-order valence-electron chi connectivity index (χ3n) is 6.07. The molecule has 3 aromatic heterocycles. The third kappa shape index (κ3) is 3.46. The molecule has 1 saturated heterocycles. The van der Waals surface area contributed by atoms with Crippen LogP contribution >= 0.6 is 11.3 Å². The topological polar surface area (TPSA) is 90.0 Å². The molecular weight excluding hydrogens is 372 g/mol. The maximum atomic E-state index is 9.43. The molecule has 3 aromatic rings. The molecule has 8 heteroatoms. The molecule has 2 aliphatic rings. The predicted molar refractivity (Wildman–Crippen MR) is 112 cm³/mol. The van der Waals surface area contributed by atoms with Gasteiger partial charge in [-0.2, -0.15) is 10.1 Å². The zero-order chi connectivity index (χ0) is 19.1. The Bertz CT molecular complexity index is 957. The number of aromatic amines is 1. The number of nitrogens with zero attached hydrogens (tertiary/aromatic N) is 4. The molecule has 0 spiro atoms. The molecule has 1 aliphatic heterocycles. The van der Waals surface area contributed by atoms with E-state index in [1.54, 1.807) is 11.3 Å². The Morgan fingerprint density at radius 3 is 2.86 bits per heavy atom. The third-order valence-corrected chi connectivity index (χ3v) is 6.98. The first kappa shape index (κ1) is 17.9. The number of anilines is 3.